The molecule has 2 rings (SSSR count). The molecule has 0 heterocycles. The molecule has 0 saturated heterocycles. The molecule has 0 N–H and O–H groups in total. The summed E-state index contributed by atoms with van der Waals surface area (Å²) in [5, 5.41) is 0. The molecule has 4 nitrogen and oxygen atoms in total. The Labute approximate surface area is 119 Å². The zero-order valence-electron chi connectivity index (χ0n) is 12.1. The van der Waals surface area contributed by atoms with E-state index in [0.29, 0.717) is 18.8 Å². The summed E-state index contributed by atoms with van der Waals surface area (Å²) in [6.07, 6.45) is 1.85. The maximum absolute atomic E-state index is 11.7. The van der Waals surface area contributed by atoms with Gasteiger partial charge in [-0.1, -0.05) is 37.3 Å². The first-order chi connectivity index (χ1) is 9.62. The van der Waals surface area contributed by atoms with E-state index in [2.05, 4.69) is 0 Å². The van der Waals surface area contributed by atoms with Crippen molar-refractivity contribution in [2.24, 2.45) is 5.92 Å². The van der Waals surface area contributed by atoms with E-state index in [1.54, 1.807) is 7.11 Å². The first-order valence-electron chi connectivity index (χ1n) is 6.64. The van der Waals surface area contributed by atoms with Crippen molar-refractivity contribution < 1.29 is 19.0 Å². The van der Waals surface area contributed by atoms with Crippen molar-refractivity contribution in [3.8, 4) is 0 Å². The zero-order valence-corrected chi connectivity index (χ0v) is 12.1. The van der Waals surface area contributed by atoms with E-state index in [9.17, 15) is 4.79 Å². The normalized spacial score (nSPS) is 26.2. The molecule has 1 aromatic rings. The Morgan fingerprint density at radius 3 is 2.55 bits per heavy atom. The van der Waals surface area contributed by atoms with E-state index in [1.165, 1.54) is 13.2 Å². The molecule has 0 fully saturated rings. The second kappa shape index (κ2) is 6.20. The van der Waals surface area contributed by atoms with Crippen LogP contribution in [0.3, 0.4) is 0 Å². The van der Waals surface area contributed by atoms with E-state index < -0.39 is 5.79 Å². The van der Waals surface area contributed by atoms with Crippen molar-refractivity contribution in [3.63, 3.8) is 0 Å². The molecule has 0 amide bonds. The summed E-state index contributed by atoms with van der Waals surface area (Å²) >= 11 is 0. The number of rotatable bonds is 5. The summed E-state index contributed by atoms with van der Waals surface area (Å²) in [4.78, 5) is 11.7. The summed E-state index contributed by atoms with van der Waals surface area (Å²) in [7, 11) is 3.10. The molecule has 1 aliphatic rings. The van der Waals surface area contributed by atoms with Crippen LogP contribution < -0.4 is 0 Å². The minimum atomic E-state index is -1.00. The quantitative estimate of drug-likeness (QED) is 0.776. The Bertz CT molecular complexity index is 494. The number of allylic oxidation sites excluding steroid dienone is 1. The summed E-state index contributed by atoms with van der Waals surface area (Å²) in [6.45, 7) is 2.33. The van der Waals surface area contributed by atoms with Gasteiger partial charge in [0.1, 0.15) is 0 Å². The number of hydrogen-bond donors (Lipinski definition) is 0. The molecule has 0 spiro atoms. The molecule has 0 saturated carbocycles. The number of methoxy groups -OCH3 is 2. The first kappa shape index (κ1) is 14.8. The fraction of sp³-hybridized carbons (Fsp3) is 0.438. The van der Waals surface area contributed by atoms with Crippen LogP contribution in [0.25, 0.3) is 0 Å². The fourth-order valence-corrected chi connectivity index (χ4v) is 2.52. The monoisotopic (exact) mass is 276 g/mol. The molecule has 0 radical (unpaired) electrons. The van der Waals surface area contributed by atoms with Crippen LogP contribution in [0.4, 0.5) is 0 Å². The van der Waals surface area contributed by atoms with Crippen molar-refractivity contribution in [3.05, 3.63) is 47.7 Å². The van der Waals surface area contributed by atoms with Gasteiger partial charge in [0.05, 0.1) is 13.7 Å². The van der Waals surface area contributed by atoms with E-state index >= 15 is 0 Å². The van der Waals surface area contributed by atoms with E-state index in [4.69, 9.17) is 14.2 Å². The van der Waals surface area contributed by atoms with E-state index in [0.717, 1.165) is 5.56 Å². The highest BCUT2D eigenvalue weighted by atomic mass is 16.7. The summed E-state index contributed by atoms with van der Waals surface area (Å²) < 4.78 is 16.9. The number of benzene rings is 1. The molecule has 0 aliphatic heterocycles. The minimum Gasteiger partial charge on any atom is -0.495 e. The van der Waals surface area contributed by atoms with Gasteiger partial charge in [-0.15, -0.1) is 0 Å². The smallest absolute Gasteiger partial charge is 0.230 e. The van der Waals surface area contributed by atoms with E-state index in [1.807, 2.05) is 37.3 Å². The molecular formula is C16H20O4. The summed E-state index contributed by atoms with van der Waals surface area (Å²) in [5.74, 6) is -0.646. The molecule has 1 aromatic carbocycles. The largest absolute Gasteiger partial charge is 0.495 e. The SMILES string of the molecule is COC1=CC(=O)CC(C)C1(OC)OCc1ccccc1. The number of ketones is 1. The van der Waals surface area contributed by atoms with Gasteiger partial charge in [0.25, 0.3) is 0 Å². The van der Waals surface area contributed by atoms with Crippen molar-refractivity contribution >= 4 is 5.78 Å². The van der Waals surface area contributed by atoms with Crippen molar-refractivity contribution in [1.29, 1.82) is 0 Å². The van der Waals surface area contributed by atoms with Crippen molar-refractivity contribution in [1.82, 2.24) is 0 Å². The van der Waals surface area contributed by atoms with Crippen LogP contribution >= 0.6 is 0 Å². The Morgan fingerprint density at radius 1 is 1.25 bits per heavy atom. The maximum Gasteiger partial charge on any atom is 0.230 e. The molecule has 1 aliphatic carbocycles. The number of carbonyl (C=O) groups is 1. The van der Waals surface area contributed by atoms with Crippen LogP contribution in [0.5, 0.6) is 0 Å². The lowest BCUT2D eigenvalue weighted by Gasteiger charge is -2.40. The highest BCUT2D eigenvalue weighted by Gasteiger charge is 2.46. The standard InChI is InChI=1S/C16H20O4/c1-12-9-14(17)10-15(18-2)16(12,19-3)20-11-13-7-5-4-6-8-13/h4-8,10,12H,9,11H2,1-3H3. The Kier molecular flexibility index (Phi) is 4.57. The van der Waals surface area contributed by atoms with E-state index in [-0.39, 0.29) is 11.7 Å². The van der Waals surface area contributed by atoms with Crippen LogP contribution in [0.15, 0.2) is 42.2 Å². The second-order valence-electron chi connectivity index (χ2n) is 4.93. The van der Waals surface area contributed by atoms with Crippen LogP contribution in [-0.2, 0) is 25.6 Å². The average Bonchev–Trinajstić information content (AvgIpc) is 2.47. The predicted molar refractivity (Wildman–Crippen MR) is 74.9 cm³/mol. The molecule has 20 heavy (non-hydrogen) atoms. The third kappa shape index (κ3) is 2.76. The topological polar surface area (TPSA) is 44.8 Å². The van der Waals surface area contributed by atoms with Gasteiger partial charge in [0, 0.05) is 25.5 Å². The predicted octanol–water partition coefficient (Wildman–Crippen LogP) is 2.69. The molecule has 2 unspecified atom stereocenters. The molecular weight excluding hydrogens is 256 g/mol. The Balaban J connectivity index is 2.23. The lowest BCUT2D eigenvalue weighted by Crippen LogP contribution is -2.47. The zero-order chi connectivity index (χ0) is 14.6. The van der Waals surface area contributed by atoms with Crippen LogP contribution in [-0.4, -0.2) is 25.8 Å². The van der Waals surface area contributed by atoms with Crippen LogP contribution in [0.2, 0.25) is 0 Å². The second-order valence-corrected chi connectivity index (χ2v) is 4.93. The van der Waals surface area contributed by atoms with Crippen LogP contribution in [0.1, 0.15) is 18.9 Å². The average molecular weight is 276 g/mol. The van der Waals surface area contributed by atoms with Gasteiger partial charge in [-0.3, -0.25) is 4.79 Å². The summed E-state index contributed by atoms with van der Waals surface area (Å²) in [5.41, 5.74) is 1.04. The van der Waals surface area contributed by atoms with Gasteiger partial charge < -0.3 is 14.2 Å². The first-order valence-corrected chi connectivity index (χ1v) is 6.64. The lowest BCUT2D eigenvalue weighted by molar-refractivity contribution is -0.252. The van der Waals surface area contributed by atoms with Gasteiger partial charge in [0.2, 0.25) is 5.79 Å². The minimum absolute atomic E-state index is 0.0327. The van der Waals surface area contributed by atoms with Gasteiger partial charge >= 0.3 is 0 Å². The lowest BCUT2D eigenvalue weighted by atomic mass is 9.87. The third-order valence-corrected chi connectivity index (χ3v) is 3.61. The number of hydrogen-bond acceptors (Lipinski definition) is 4. The van der Waals surface area contributed by atoms with Gasteiger partial charge in [0.15, 0.2) is 11.5 Å². The van der Waals surface area contributed by atoms with Gasteiger partial charge in [-0.05, 0) is 5.56 Å². The van der Waals surface area contributed by atoms with Gasteiger partial charge in [-0.2, -0.15) is 0 Å². The number of carbonyl (C=O) groups excluding carboxylic acids is 1. The highest BCUT2D eigenvalue weighted by Crippen LogP contribution is 2.38. The molecule has 0 bridgehead atoms. The number of ether oxygens (including phenoxy) is 3. The highest BCUT2D eigenvalue weighted by molar-refractivity contribution is 5.91. The Hall–Kier alpha value is -1.65. The summed E-state index contributed by atoms with van der Waals surface area (Å²) in [6, 6.07) is 9.84. The Morgan fingerprint density at radius 2 is 1.95 bits per heavy atom. The van der Waals surface area contributed by atoms with Crippen LogP contribution in [0, 0.1) is 5.92 Å². The van der Waals surface area contributed by atoms with Crippen molar-refractivity contribution in [2.75, 3.05) is 14.2 Å². The fourth-order valence-electron chi connectivity index (χ4n) is 2.52. The maximum atomic E-state index is 11.7. The molecule has 4 heteroatoms. The molecule has 108 valence electrons. The van der Waals surface area contributed by atoms with Crippen molar-refractivity contribution in [2.45, 2.75) is 25.7 Å². The third-order valence-electron chi connectivity index (χ3n) is 3.61. The molecule has 0 aromatic heterocycles. The van der Waals surface area contributed by atoms with Gasteiger partial charge in [-0.25, -0.2) is 0 Å². The molecule has 2 atom stereocenters.